The van der Waals surface area contributed by atoms with Gasteiger partial charge in [0.1, 0.15) is 11.6 Å². The van der Waals surface area contributed by atoms with Gasteiger partial charge >= 0.3 is 0 Å². The van der Waals surface area contributed by atoms with E-state index in [1.807, 2.05) is 32.2 Å². The Balaban J connectivity index is 1.59. The number of carbonyl (C=O) groups is 1. The van der Waals surface area contributed by atoms with E-state index < -0.39 is 11.6 Å². The number of amides is 1. The summed E-state index contributed by atoms with van der Waals surface area (Å²) in [7, 11) is 1.87. The SMILES string of the molecule is CCOCc1cnn(C)c1-c1ccc2c(c1)CN([C@H](CN)Cc1cc(F)cc(F)c1)C2=O. The summed E-state index contributed by atoms with van der Waals surface area (Å²) in [4.78, 5) is 14.8. The highest BCUT2D eigenvalue weighted by molar-refractivity contribution is 5.99. The summed E-state index contributed by atoms with van der Waals surface area (Å²) >= 11 is 0. The Morgan fingerprint density at radius 2 is 1.94 bits per heavy atom. The molecule has 0 bridgehead atoms. The smallest absolute Gasteiger partial charge is 0.254 e. The second-order valence-corrected chi connectivity index (χ2v) is 7.96. The molecule has 2 N–H and O–H groups in total. The summed E-state index contributed by atoms with van der Waals surface area (Å²) in [5, 5.41) is 4.35. The van der Waals surface area contributed by atoms with Crippen LogP contribution in [-0.2, 0) is 31.4 Å². The van der Waals surface area contributed by atoms with Crippen LogP contribution in [0.2, 0.25) is 0 Å². The Hall–Kier alpha value is -3.10. The number of ether oxygens (including phenoxy) is 1. The predicted molar refractivity (Wildman–Crippen MR) is 117 cm³/mol. The van der Waals surface area contributed by atoms with Gasteiger partial charge in [-0.25, -0.2) is 8.78 Å². The summed E-state index contributed by atoms with van der Waals surface area (Å²) in [6, 6.07) is 8.74. The van der Waals surface area contributed by atoms with Gasteiger partial charge in [0.05, 0.1) is 18.5 Å². The van der Waals surface area contributed by atoms with Crippen molar-refractivity contribution >= 4 is 5.91 Å². The molecule has 0 radical (unpaired) electrons. The molecule has 0 spiro atoms. The van der Waals surface area contributed by atoms with Crippen molar-refractivity contribution in [1.82, 2.24) is 14.7 Å². The Labute approximate surface area is 185 Å². The zero-order valence-corrected chi connectivity index (χ0v) is 18.1. The van der Waals surface area contributed by atoms with Gasteiger partial charge in [-0.05, 0) is 48.7 Å². The molecule has 0 unspecified atom stereocenters. The first kappa shape index (κ1) is 22.1. The Morgan fingerprint density at radius 1 is 1.19 bits per heavy atom. The van der Waals surface area contributed by atoms with Gasteiger partial charge in [0.25, 0.3) is 5.91 Å². The molecule has 0 saturated heterocycles. The lowest BCUT2D eigenvalue weighted by Crippen LogP contribution is -2.42. The Bertz CT molecular complexity index is 1120. The van der Waals surface area contributed by atoms with Crippen molar-refractivity contribution in [2.24, 2.45) is 12.8 Å². The van der Waals surface area contributed by atoms with Crippen LogP contribution in [0.3, 0.4) is 0 Å². The highest BCUT2D eigenvalue weighted by atomic mass is 19.1. The molecule has 1 aliphatic heterocycles. The average Bonchev–Trinajstić information content (AvgIpc) is 3.29. The van der Waals surface area contributed by atoms with E-state index in [-0.39, 0.29) is 24.9 Å². The largest absolute Gasteiger partial charge is 0.377 e. The molecule has 4 rings (SSSR count). The number of nitrogens with two attached hydrogens (primary N) is 1. The molecular weight excluding hydrogens is 414 g/mol. The number of aromatic nitrogens is 2. The molecule has 2 heterocycles. The van der Waals surface area contributed by atoms with Crippen LogP contribution in [0.15, 0.2) is 42.6 Å². The number of hydrogen-bond donors (Lipinski definition) is 1. The standard InChI is InChI=1S/C24H26F2N4O2/c1-3-32-14-18-12-28-29(2)23(18)16-4-5-22-17(9-16)13-30(24(22)31)21(11-27)8-15-6-19(25)10-20(26)7-15/h4-7,9-10,12,21H,3,8,11,13-14,27H2,1-2H3/t21-/m0/s1. The van der Waals surface area contributed by atoms with Crippen molar-refractivity contribution in [1.29, 1.82) is 0 Å². The second kappa shape index (κ2) is 9.18. The summed E-state index contributed by atoms with van der Waals surface area (Å²) in [5.74, 6) is -1.41. The van der Waals surface area contributed by atoms with Crippen LogP contribution in [0.5, 0.6) is 0 Å². The number of halogens is 2. The zero-order chi connectivity index (χ0) is 22.8. The number of rotatable bonds is 8. The van der Waals surface area contributed by atoms with Crippen LogP contribution in [-0.4, -0.2) is 39.8 Å². The van der Waals surface area contributed by atoms with E-state index in [2.05, 4.69) is 5.10 Å². The highest BCUT2D eigenvalue weighted by Gasteiger charge is 2.32. The van der Waals surface area contributed by atoms with Gasteiger partial charge in [0.2, 0.25) is 0 Å². The normalized spacial score (nSPS) is 14.2. The van der Waals surface area contributed by atoms with Crippen LogP contribution in [0, 0.1) is 11.6 Å². The van der Waals surface area contributed by atoms with Gasteiger partial charge in [-0.2, -0.15) is 5.10 Å². The molecule has 1 aromatic heterocycles. The topological polar surface area (TPSA) is 73.4 Å². The van der Waals surface area contributed by atoms with E-state index in [0.29, 0.717) is 30.9 Å². The molecule has 1 atom stereocenters. The lowest BCUT2D eigenvalue weighted by Gasteiger charge is -2.26. The van der Waals surface area contributed by atoms with E-state index in [4.69, 9.17) is 10.5 Å². The molecule has 2 aromatic carbocycles. The molecule has 1 amide bonds. The molecule has 8 heteroatoms. The molecule has 168 valence electrons. The van der Waals surface area contributed by atoms with Crippen LogP contribution >= 0.6 is 0 Å². The van der Waals surface area contributed by atoms with Crippen molar-refractivity contribution in [2.75, 3.05) is 13.2 Å². The Morgan fingerprint density at radius 3 is 2.62 bits per heavy atom. The molecular formula is C24H26F2N4O2. The second-order valence-electron chi connectivity index (χ2n) is 7.96. The van der Waals surface area contributed by atoms with Gasteiger partial charge in [-0.1, -0.05) is 6.07 Å². The fourth-order valence-corrected chi connectivity index (χ4v) is 4.28. The van der Waals surface area contributed by atoms with Crippen molar-refractivity contribution in [2.45, 2.75) is 32.5 Å². The third-order valence-electron chi connectivity index (χ3n) is 5.79. The molecule has 3 aromatic rings. The van der Waals surface area contributed by atoms with Crippen LogP contribution in [0.4, 0.5) is 8.78 Å². The third-order valence-corrected chi connectivity index (χ3v) is 5.79. The third kappa shape index (κ3) is 4.28. The highest BCUT2D eigenvalue weighted by Crippen LogP contribution is 2.31. The van der Waals surface area contributed by atoms with Gasteiger partial charge in [0.15, 0.2) is 0 Å². The monoisotopic (exact) mass is 440 g/mol. The molecule has 1 aliphatic rings. The maximum atomic E-state index is 13.6. The lowest BCUT2D eigenvalue weighted by atomic mass is 10.0. The summed E-state index contributed by atoms with van der Waals surface area (Å²) in [5.41, 5.74) is 10.8. The minimum atomic E-state index is -0.643. The van der Waals surface area contributed by atoms with E-state index in [1.54, 1.807) is 15.8 Å². The molecule has 0 fully saturated rings. The first-order valence-corrected chi connectivity index (χ1v) is 10.6. The minimum absolute atomic E-state index is 0.126. The van der Waals surface area contributed by atoms with Gasteiger partial charge in [0, 0.05) is 55.5 Å². The number of carbonyl (C=O) groups excluding carboxylic acids is 1. The fourth-order valence-electron chi connectivity index (χ4n) is 4.28. The zero-order valence-electron chi connectivity index (χ0n) is 18.1. The quantitative estimate of drug-likeness (QED) is 0.583. The minimum Gasteiger partial charge on any atom is -0.377 e. The number of aryl methyl sites for hydroxylation is 1. The number of fused-ring (bicyclic) bond motifs is 1. The number of benzene rings is 2. The predicted octanol–water partition coefficient (Wildman–Crippen LogP) is 3.43. The number of hydrogen-bond acceptors (Lipinski definition) is 4. The fraction of sp³-hybridized carbons (Fsp3) is 0.333. The Kier molecular flexibility index (Phi) is 6.34. The van der Waals surface area contributed by atoms with Crippen molar-refractivity contribution in [3.8, 4) is 11.3 Å². The number of nitrogens with zero attached hydrogens (tertiary/aromatic N) is 3. The molecule has 6 nitrogen and oxygen atoms in total. The van der Waals surface area contributed by atoms with E-state index in [0.717, 1.165) is 28.5 Å². The van der Waals surface area contributed by atoms with Gasteiger partial charge in [-0.3, -0.25) is 9.48 Å². The lowest BCUT2D eigenvalue weighted by molar-refractivity contribution is 0.0708. The summed E-state index contributed by atoms with van der Waals surface area (Å²) in [6.07, 6.45) is 2.07. The summed E-state index contributed by atoms with van der Waals surface area (Å²) < 4.78 is 34.6. The van der Waals surface area contributed by atoms with E-state index >= 15 is 0 Å². The first-order chi connectivity index (χ1) is 15.4. The maximum absolute atomic E-state index is 13.6. The molecule has 0 aliphatic carbocycles. The van der Waals surface area contributed by atoms with Crippen molar-refractivity contribution in [3.63, 3.8) is 0 Å². The summed E-state index contributed by atoms with van der Waals surface area (Å²) in [6.45, 7) is 3.59. The van der Waals surface area contributed by atoms with Crippen molar-refractivity contribution in [3.05, 3.63) is 76.5 Å². The van der Waals surface area contributed by atoms with Crippen LogP contribution in [0.25, 0.3) is 11.3 Å². The average molecular weight is 440 g/mol. The van der Waals surface area contributed by atoms with Gasteiger partial charge < -0.3 is 15.4 Å². The first-order valence-electron chi connectivity index (χ1n) is 10.6. The van der Waals surface area contributed by atoms with E-state index in [9.17, 15) is 13.6 Å². The maximum Gasteiger partial charge on any atom is 0.254 e. The van der Waals surface area contributed by atoms with Crippen LogP contribution in [0.1, 0.15) is 34.0 Å². The molecule has 0 saturated carbocycles. The van der Waals surface area contributed by atoms with Crippen LogP contribution < -0.4 is 5.73 Å². The van der Waals surface area contributed by atoms with Crippen molar-refractivity contribution < 1.29 is 18.3 Å². The molecule has 32 heavy (non-hydrogen) atoms. The van der Waals surface area contributed by atoms with Gasteiger partial charge in [-0.15, -0.1) is 0 Å². The van der Waals surface area contributed by atoms with E-state index in [1.165, 1.54) is 12.1 Å².